The minimum Gasteiger partial charge on any atom is -0.469 e. The Bertz CT molecular complexity index is 419. The molecular weight excluding hydrogens is 242 g/mol. The van der Waals surface area contributed by atoms with E-state index >= 15 is 0 Å². The molecule has 104 valence electrons. The molecule has 0 aromatic carbocycles. The van der Waals surface area contributed by atoms with Crippen molar-refractivity contribution in [3.8, 4) is 0 Å². The second-order valence-electron chi connectivity index (χ2n) is 4.95. The number of carbonyl (C=O) groups is 1. The highest BCUT2D eigenvalue weighted by molar-refractivity contribution is 5.73. The fraction of sp³-hybridized carbons (Fsp3) is 0.643. The van der Waals surface area contributed by atoms with Gasteiger partial charge in [0.25, 0.3) is 0 Å². The third-order valence-electron chi connectivity index (χ3n) is 3.47. The molecule has 1 aliphatic rings. The standard InChI is InChI=1S/C14H21N3O2/c1-3-5-11-8-15-14(16-9-11)17-7-4-6-12(10-17)13(18)19-2/h8-9,12H,3-7,10H2,1-2H3. The summed E-state index contributed by atoms with van der Waals surface area (Å²) in [7, 11) is 1.44. The number of aromatic nitrogens is 2. The van der Waals surface area contributed by atoms with Crippen molar-refractivity contribution < 1.29 is 9.53 Å². The van der Waals surface area contributed by atoms with Crippen LogP contribution in [-0.4, -0.2) is 36.1 Å². The van der Waals surface area contributed by atoms with Crippen LogP contribution >= 0.6 is 0 Å². The summed E-state index contributed by atoms with van der Waals surface area (Å²) >= 11 is 0. The van der Waals surface area contributed by atoms with Gasteiger partial charge in [0.05, 0.1) is 13.0 Å². The van der Waals surface area contributed by atoms with Crippen molar-refractivity contribution in [3.63, 3.8) is 0 Å². The molecule has 1 unspecified atom stereocenters. The number of carbonyl (C=O) groups excluding carboxylic acids is 1. The van der Waals surface area contributed by atoms with E-state index in [1.165, 1.54) is 7.11 Å². The summed E-state index contributed by atoms with van der Waals surface area (Å²) in [5, 5.41) is 0. The molecule has 0 N–H and O–H groups in total. The molecule has 0 bridgehead atoms. The third-order valence-corrected chi connectivity index (χ3v) is 3.47. The Morgan fingerprint density at radius 1 is 1.47 bits per heavy atom. The number of rotatable bonds is 4. The minimum atomic E-state index is -0.132. The van der Waals surface area contributed by atoms with Crippen molar-refractivity contribution >= 4 is 11.9 Å². The van der Waals surface area contributed by atoms with Gasteiger partial charge in [0.2, 0.25) is 5.95 Å². The average Bonchev–Trinajstić information content (AvgIpc) is 2.48. The van der Waals surface area contributed by atoms with Gasteiger partial charge in [0.15, 0.2) is 0 Å². The Kier molecular flexibility index (Phi) is 4.71. The topological polar surface area (TPSA) is 55.3 Å². The molecule has 1 aromatic rings. The van der Waals surface area contributed by atoms with Gasteiger partial charge in [0, 0.05) is 25.5 Å². The number of hydrogen-bond acceptors (Lipinski definition) is 5. The van der Waals surface area contributed by atoms with Gasteiger partial charge in [-0.05, 0) is 24.8 Å². The van der Waals surface area contributed by atoms with E-state index < -0.39 is 0 Å². The Labute approximate surface area is 114 Å². The van der Waals surface area contributed by atoms with Crippen LogP contribution in [0.1, 0.15) is 31.7 Å². The van der Waals surface area contributed by atoms with Crippen LogP contribution < -0.4 is 4.90 Å². The summed E-state index contributed by atoms with van der Waals surface area (Å²) in [6.07, 6.45) is 7.72. The van der Waals surface area contributed by atoms with Crippen LogP contribution in [0, 0.1) is 5.92 Å². The highest BCUT2D eigenvalue weighted by Gasteiger charge is 2.27. The van der Waals surface area contributed by atoms with Crippen LogP contribution in [0.5, 0.6) is 0 Å². The lowest BCUT2D eigenvalue weighted by Gasteiger charge is -2.31. The molecule has 1 aromatic heterocycles. The van der Waals surface area contributed by atoms with Gasteiger partial charge in [-0.1, -0.05) is 13.3 Å². The first kappa shape index (κ1) is 13.8. The number of anilines is 1. The quantitative estimate of drug-likeness (QED) is 0.776. The Morgan fingerprint density at radius 2 is 2.21 bits per heavy atom. The highest BCUT2D eigenvalue weighted by Crippen LogP contribution is 2.21. The monoisotopic (exact) mass is 263 g/mol. The third kappa shape index (κ3) is 3.43. The van der Waals surface area contributed by atoms with Gasteiger partial charge in [-0.15, -0.1) is 0 Å². The Balaban J connectivity index is 2.02. The Morgan fingerprint density at radius 3 is 2.84 bits per heavy atom. The predicted octanol–water partition coefficient (Wildman–Crippen LogP) is 1.82. The molecule has 2 rings (SSSR count). The van der Waals surface area contributed by atoms with E-state index in [4.69, 9.17) is 4.74 Å². The molecule has 0 spiro atoms. The predicted molar refractivity (Wildman–Crippen MR) is 73.0 cm³/mol. The van der Waals surface area contributed by atoms with E-state index in [0.717, 1.165) is 37.8 Å². The maximum absolute atomic E-state index is 11.6. The van der Waals surface area contributed by atoms with E-state index in [0.29, 0.717) is 12.5 Å². The van der Waals surface area contributed by atoms with E-state index in [9.17, 15) is 4.79 Å². The summed E-state index contributed by atoms with van der Waals surface area (Å²) in [5.41, 5.74) is 1.16. The molecule has 0 amide bonds. The Hall–Kier alpha value is -1.65. The number of methoxy groups -OCH3 is 1. The summed E-state index contributed by atoms with van der Waals surface area (Å²) in [5.74, 6) is 0.526. The van der Waals surface area contributed by atoms with Crippen molar-refractivity contribution in [3.05, 3.63) is 18.0 Å². The van der Waals surface area contributed by atoms with Crippen LogP contribution in [0.25, 0.3) is 0 Å². The molecule has 0 radical (unpaired) electrons. The summed E-state index contributed by atoms with van der Waals surface area (Å²) in [6.45, 7) is 3.69. The molecule has 1 aliphatic heterocycles. The fourth-order valence-corrected chi connectivity index (χ4v) is 2.45. The molecule has 19 heavy (non-hydrogen) atoms. The van der Waals surface area contributed by atoms with Crippen LogP contribution in [0.2, 0.25) is 0 Å². The maximum atomic E-state index is 11.6. The molecular formula is C14H21N3O2. The number of esters is 1. The smallest absolute Gasteiger partial charge is 0.310 e. The fourth-order valence-electron chi connectivity index (χ4n) is 2.45. The second kappa shape index (κ2) is 6.50. The number of piperidine rings is 1. The van der Waals surface area contributed by atoms with Crippen molar-refractivity contribution in [2.45, 2.75) is 32.6 Å². The lowest BCUT2D eigenvalue weighted by atomic mass is 9.98. The van der Waals surface area contributed by atoms with Gasteiger partial charge < -0.3 is 9.64 Å². The van der Waals surface area contributed by atoms with Crippen molar-refractivity contribution in [1.29, 1.82) is 0 Å². The number of ether oxygens (including phenoxy) is 1. The van der Waals surface area contributed by atoms with Gasteiger partial charge in [0.1, 0.15) is 0 Å². The molecule has 5 nitrogen and oxygen atoms in total. The minimum absolute atomic E-state index is 0.0577. The van der Waals surface area contributed by atoms with Gasteiger partial charge in [-0.2, -0.15) is 0 Å². The molecule has 1 fully saturated rings. The van der Waals surface area contributed by atoms with Crippen LogP contribution in [0.3, 0.4) is 0 Å². The largest absolute Gasteiger partial charge is 0.469 e. The summed E-state index contributed by atoms with van der Waals surface area (Å²) < 4.78 is 4.82. The lowest BCUT2D eigenvalue weighted by molar-refractivity contribution is -0.145. The van der Waals surface area contributed by atoms with E-state index in [1.807, 2.05) is 12.4 Å². The van der Waals surface area contributed by atoms with E-state index in [2.05, 4.69) is 21.8 Å². The van der Waals surface area contributed by atoms with Gasteiger partial charge in [-0.3, -0.25) is 4.79 Å². The number of hydrogen-bond donors (Lipinski definition) is 0. The van der Waals surface area contributed by atoms with Crippen LogP contribution in [-0.2, 0) is 16.0 Å². The first-order valence-electron chi connectivity index (χ1n) is 6.88. The van der Waals surface area contributed by atoms with E-state index in [1.54, 1.807) is 0 Å². The summed E-state index contributed by atoms with van der Waals surface area (Å²) in [4.78, 5) is 22.5. The van der Waals surface area contributed by atoms with Crippen LogP contribution in [0.4, 0.5) is 5.95 Å². The van der Waals surface area contributed by atoms with Crippen molar-refractivity contribution in [1.82, 2.24) is 9.97 Å². The second-order valence-corrected chi connectivity index (χ2v) is 4.95. The zero-order valence-corrected chi connectivity index (χ0v) is 11.6. The maximum Gasteiger partial charge on any atom is 0.310 e. The van der Waals surface area contributed by atoms with Gasteiger partial charge in [-0.25, -0.2) is 9.97 Å². The number of aryl methyl sites for hydroxylation is 1. The first-order valence-corrected chi connectivity index (χ1v) is 6.88. The zero-order valence-electron chi connectivity index (χ0n) is 11.6. The molecule has 5 heteroatoms. The molecule has 2 heterocycles. The molecule has 1 atom stereocenters. The van der Waals surface area contributed by atoms with Gasteiger partial charge >= 0.3 is 5.97 Å². The normalized spacial score (nSPS) is 19.3. The lowest BCUT2D eigenvalue weighted by Crippen LogP contribution is -2.40. The average molecular weight is 263 g/mol. The van der Waals surface area contributed by atoms with Crippen molar-refractivity contribution in [2.75, 3.05) is 25.1 Å². The molecule has 1 saturated heterocycles. The highest BCUT2D eigenvalue weighted by atomic mass is 16.5. The van der Waals surface area contributed by atoms with E-state index in [-0.39, 0.29) is 11.9 Å². The SMILES string of the molecule is CCCc1cnc(N2CCCC(C(=O)OC)C2)nc1. The first-order chi connectivity index (χ1) is 9.24. The van der Waals surface area contributed by atoms with Crippen LogP contribution in [0.15, 0.2) is 12.4 Å². The van der Waals surface area contributed by atoms with Crippen molar-refractivity contribution in [2.24, 2.45) is 5.92 Å². The molecule has 0 saturated carbocycles. The molecule has 0 aliphatic carbocycles. The zero-order chi connectivity index (χ0) is 13.7. The summed E-state index contributed by atoms with van der Waals surface area (Å²) in [6, 6.07) is 0. The number of nitrogens with zero attached hydrogens (tertiary/aromatic N) is 3.